The van der Waals surface area contributed by atoms with E-state index in [1.165, 1.54) is 0 Å². The fourth-order valence-electron chi connectivity index (χ4n) is 2.25. The van der Waals surface area contributed by atoms with Crippen molar-refractivity contribution in [3.8, 4) is 11.8 Å². The zero-order valence-electron chi connectivity index (χ0n) is 11.4. The average Bonchev–Trinajstić information content (AvgIpc) is 2.49. The van der Waals surface area contributed by atoms with Crippen LogP contribution in [0.5, 0.6) is 0 Å². The van der Waals surface area contributed by atoms with E-state index in [4.69, 9.17) is 5.11 Å². The number of hydrogen-bond donors (Lipinski definition) is 1. The molecule has 2 rings (SSSR count). The van der Waals surface area contributed by atoms with Crippen LogP contribution in [0.3, 0.4) is 0 Å². The monoisotopic (exact) mass is 293 g/mol. The summed E-state index contributed by atoms with van der Waals surface area (Å²) in [4.78, 5) is 0.271. The Morgan fingerprint density at radius 1 is 1.15 bits per heavy atom. The third-order valence-electron chi connectivity index (χ3n) is 3.28. The molecule has 5 heteroatoms. The molecule has 0 radical (unpaired) electrons. The van der Waals surface area contributed by atoms with Gasteiger partial charge in [-0.2, -0.15) is 4.31 Å². The second-order valence-electron chi connectivity index (χ2n) is 4.74. The van der Waals surface area contributed by atoms with Crippen LogP contribution in [0.2, 0.25) is 0 Å². The van der Waals surface area contributed by atoms with E-state index in [0.717, 1.165) is 19.3 Å². The molecule has 1 fully saturated rings. The van der Waals surface area contributed by atoms with Crippen molar-refractivity contribution in [3.05, 3.63) is 29.8 Å². The van der Waals surface area contributed by atoms with Crippen molar-refractivity contribution >= 4 is 10.0 Å². The molecule has 1 aromatic rings. The Balaban J connectivity index is 2.34. The number of piperidine rings is 1. The summed E-state index contributed by atoms with van der Waals surface area (Å²) >= 11 is 0. The topological polar surface area (TPSA) is 57.6 Å². The van der Waals surface area contributed by atoms with Gasteiger partial charge in [0.25, 0.3) is 0 Å². The summed E-state index contributed by atoms with van der Waals surface area (Å²) in [5, 5.41) is 8.75. The first-order valence-corrected chi connectivity index (χ1v) is 8.29. The fraction of sp³-hybridized carbons (Fsp3) is 0.467. The van der Waals surface area contributed by atoms with Crippen LogP contribution in [0.4, 0.5) is 0 Å². The minimum Gasteiger partial charge on any atom is -0.395 e. The highest BCUT2D eigenvalue weighted by Crippen LogP contribution is 2.22. The predicted molar refractivity (Wildman–Crippen MR) is 77.6 cm³/mol. The van der Waals surface area contributed by atoms with E-state index in [1.54, 1.807) is 28.6 Å². The van der Waals surface area contributed by atoms with Crippen molar-refractivity contribution in [1.29, 1.82) is 0 Å². The maximum absolute atomic E-state index is 12.6. The van der Waals surface area contributed by atoms with Gasteiger partial charge in [0.05, 0.1) is 11.5 Å². The Morgan fingerprint density at radius 3 is 2.55 bits per heavy atom. The minimum absolute atomic E-state index is 0.0198. The van der Waals surface area contributed by atoms with Crippen LogP contribution in [0.1, 0.15) is 31.2 Å². The molecule has 1 heterocycles. The summed E-state index contributed by atoms with van der Waals surface area (Å²) in [5.41, 5.74) is 0.506. The van der Waals surface area contributed by atoms with Crippen molar-refractivity contribution in [1.82, 2.24) is 4.31 Å². The number of nitrogens with zero attached hydrogens (tertiary/aromatic N) is 1. The fourth-order valence-corrected chi connectivity index (χ4v) is 3.92. The molecule has 108 valence electrons. The highest BCUT2D eigenvalue weighted by atomic mass is 32.2. The maximum atomic E-state index is 12.6. The first-order valence-electron chi connectivity index (χ1n) is 6.85. The Hall–Kier alpha value is -1.35. The Labute approximate surface area is 120 Å². The highest BCUT2D eigenvalue weighted by molar-refractivity contribution is 7.89. The van der Waals surface area contributed by atoms with E-state index in [2.05, 4.69) is 11.8 Å². The van der Waals surface area contributed by atoms with Crippen LogP contribution >= 0.6 is 0 Å². The molecule has 0 bridgehead atoms. The SMILES string of the molecule is O=S(=O)(c1ccccc1C#CCCO)N1CCCCC1. The van der Waals surface area contributed by atoms with E-state index in [1.807, 2.05) is 0 Å². The second kappa shape index (κ2) is 6.89. The molecule has 0 atom stereocenters. The predicted octanol–water partition coefficient (Wildman–Crippen LogP) is 1.60. The third-order valence-corrected chi connectivity index (χ3v) is 5.24. The van der Waals surface area contributed by atoms with Crippen molar-refractivity contribution in [3.63, 3.8) is 0 Å². The van der Waals surface area contributed by atoms with E-state index in [0.29, 0.717) is 25.1 Å². The van der Waals surface area contributed by atoms with Gasteiger partial charge in [-0.3, -0.25) is 0 Å². The summed E-state index contributed by atoms with van der Waals surface area (Å²) in [7, 11) is -3.46. The lowest BCUT2D eigenvalue weighted by atomic mass is 10.2. The van der Waals surface area contributed by atoms with E-state index in [-0.39, 0.29) is 11.5 Å². The number of aliphatic hydroxyl groups excluding tert-OH is 1. The third kappa shape index (κ3) is 3.40. The zero-order chi connectivity index (χ0) is 14.4. The molecular weight excluding hydrogens is 274 g/mol. The number of rotatable bonds is 3. The molecular formula is C15H19NO3S. The van der Waals surface area contributed by atoms with Gasteiger partial charge < -0.3 is 5.11 Å². The largest absolute Gasteiger partial charge is 0.395 e. The highest BCUT2D eigenvalue weighted by Gasteiger charge is 2.27. The van der Waals surface area contributed by atoms with E-state index < -0.39 is 10.0 Å². The van der Waals surface area contributed by atoms with Gasteiger partial charge in [-0.25, -0.2) is 8.42 Å². The van der Waals surface area contributed by atoms with Gasteiger partial charge in [0.2, 0.25) is 10.0 Å². The van der Waals surface area contributed by atoms with Crippen LogP contribution in [-0.4, -0.2) is 37.5 Å². The van der Waals surface area contributed by atoms with Gasteiger partial charge >= 0.3 is 0 Å². The number of aliphatic hydroxyl groups is 1. The molecule has 0 aromatic heterocycles. The van der Waals surface area contributed by atoms with Crippen LogP contribution in [-0.2, 0) is 10.0 Å². The van der Waals surface area contributed by atoms with Crippen LogP contribution < -0.4 is 0 Å². The molecule has 1 N–H and O–H groups in total. The molecule has 0 aliphatic carbocycles. The number of sulfonamides is 1. The summed E-state index contributed by atoms with van der Waals surface area (Å²) in [5.74, 6) is 5.63. The van der Waals surface area contributed by atoms with Gasteiger partial charge in [0.15, 0.2) is 0 Å². The Morgan fingerprint density at radius 2 is 1.85 bits per heavy atom. The lowest BCUT2D eigenvalue weighted by Gasteiger charge is -2.26. The Kier molecular flexibility index (Phi) is 5.18. The quantitative estimate of drug-likeness (QED) is 0.861. The van der Waals surface area contributed by atoms with Crippen LogP contribution in [0.25, 0.3) is 0 Å². The normalized spacial score (nSPS) is 16.4. The first kappa shape index (κ1) is 15.0. The first-order chi connectivity index (χ1) is 9.66. The zero-order valence-corrected chi connectivity index (χ0v) is 12.2. The number of hydrogen-bond acceptors (Lipinski definition) is 3. The minimum atomic E-state index is -3.46. The van der Waals surface area contributed by atoms with Crippen molar-refractivity contribution in [2.24, 2.45) is 0 Å². The van der Waals surface area contributed by atoms with Gasteiger partial charge in [0, 0.05) is 25.1 Å². The van der Waals surface area contributed by atoms with Gasteiger partial charge in [-0.1, -0.05) is 30.4 Å². The van der Waals surface area contributed by atoms with Crippen LogP contribution in [0, 0.1) is 11.8 Å². The van der Waals surface area contributed by atoms with Crippen molar-refractivity contribution < 1.29 is 13.5 Å². The lowest BCUT2D eigenvalue weighted by molar-refractivity contribution is 0.305. The van der Waals surface area contributed by atoms with Crippen LogP contribution in [0.15, 0.2) is 29.2 Å². The molecule has 0 amide bonds. The average molecular weight is 293 g/mol. The van der Waals surface area contributed by atoms with Gasteiger partial charge in [-0.15, -0.1) is 0 Å². The van der Waals surface area contributed by atoms with Crippen molar-refractivity contribution in [2.75, 3.05) is 19.7 Å². The molecule has 0 saturated carbocycles. The standard InChI is InChI=1S/C15H19NO3S/c17-13-7-4-9-14-8-2-3-10-15(14)20(18,19)16-11-5-1-6-12-16/h2-3,8,10,17H,1,5-7,11-13H2. The molecule has 1 aliphatic heterocycles. The molecule has 1 saturated heterocycles. The molecule has 0 unspecified atom stereocenters. The summed E-state index contributed by atoms with van der Waals surface area (Å²) < 4.78 is 26.8. The van der Waals surface area contributed by atoms with E-state index >= 15 is 0 Å². The molecule has 1 aliphatic rings. The van der Waals surface area contributed by atoms with Gasteiger partial charge in [0.1, 0.15) is 0 Å². The van der Waals surface area contributed by atoms with E-state index in [9.17, 15) is 8.42 Å². The summed E-state index contributed by atoms with van der Waals surface area (Å²) in [6.07, 6.45) is 3.26. The molecule has 4 nitrogen and oxygen atoms in total. The second-order valence-corrected chi connectivity index (χ2v) is 6.64. The van der Waals surface area contributed by atoms with Crippen molar-refractivity contribution in [2.45, 2.75) is 30.6 Å². The smallest absolute Gasteiger partial charge is 0.244 e. The number of benzene rings is 1. The maximum Gasteiger partial charge on any atom is 0.244 e. The summed E-state index contributed by atoms with van der Waals surface area (Å²) in [6.45, 7) is 1.15. The molecule has 0 spiro atoms. The molecule has 20 heavy (non-hydrogen) atoms. The summed E-state index contributed by atoms with van der Waals surface area (Å²) in [6, 6.07) is 6.81. The lowest BCUT2D eigenvalue weighted by Crippen LogP contribution is -2.35. The molecule has 1 aromatic carbocycles. The van der Waals surface area contributed by atoms with Gasteiger partial charge in [-0.05, 0) is 25.0 Å². The Bertz CT molecular complexity index is 607.